The first kappa shape index (κ1) is 20.6. The molecule has 2 aliphatic rings. The minimum Gasteiger partial charge on any atom is -0.370 e. The third-order valence-corrected chi connectivity index (χ3v) is 7.94. The van der Waals surface area contributed by atoms with Crippen molar-refractivity contribution in [3.8, 4) is 0 Å². The monoisotopic (exact) mass is 447 g/mol. The molecule has 1 saturated heterocycles. The molecule has 0 unspecified atom stereocenters. The van der Waals surface area contributed by atoms with Crippen molar-refractivity contribution in [1.29, 1.82) is 0 Å². The first-order valence-corrected chi connectivity index (χ1v) is 12.3. The maximum Gasteiger partial charge on any atom is 0.264 e. The van der Waals surface area contributed by atoms with Crippen LogP contribution in [0.4, 0.5) is 17.1 Å². The van der Waals surface area contributed by atoms with E-state index in [1.165, 1.54) is 10.4 Å². The van der Waals surface area contributed by atoms with Gasteiger partial charge in [0.05, 0.1) is 22.0 Å². The van der Waals surface area contributed by atoms with Gasteiger partial charge in [0.2, 0.25) is 0 Å². The summed E-state index contributed by atoms with van der Waals surface area (Å²) >= 11 is 0. The van der Waals surface area contributed by atoms with Gasteiger partial charge in [0, 0.05) is 25.2 Å². The van der Waals surface area contributed by atoms with E-state index in [1.54, 1.807) is 18.2 Å². The van der Waals surface area contributed by atoms with Gasteiger partial charge in [0.15, 0.2) is 0 Å². The lowest BCUT2D eigenvalue weighted by atomic mass is 10.2. The number of carbonyl (C=O) groups excluding carboxylic acids is 1. The summed E-state index contributed by atoms with van der Waals surface area (Å²) in [6.45, 7) is 2.34. The molecule has 0 aromatic heterocycles. The normalized spacial score (nSPS) is 15.6. The number of sulfonamides is 1. The lowest BCUT2D eigenvalue weighted by Gasteiger charge is -2.22. The molecule has 5 rings (SSSR count). The van der Waals surface area contributed by atoms with Crippen LogP contribution in [0.1, 0.15) is 28.8 Å². The topological polar surface area (TPSA) is 69.7 Å². The Labute approximate surface area is 188 Å². The highest BCUT2D eigenvalue weighted by Gasteiger charge is 2.31. The average Bonchev–Trinajstić information content (AvgIpc) is 3.50. The minimum absolute atomic E-state index is 0.120. The van der Waals surface area contributed by atoms with Gasteiger partial charge in [-0.1, -0.05) is 36.4 Å². The predicted molar refractivity (Wildman–Crippen MR) is 127 cm³/mol. The van der Waals surface area contributed by atoms with Gasteiger partial charge in [-0.25, -0.2) is 8.42 Å². The van der Waals surface area contributed by atoms with Crippen LogP contribution in [0.25, 0.3) is 0 Å². The van der Waals surface area contributed by atoms with Gasteiger partial charge in [0.25, 0.3) is 15.9 Å². The van der Waals surface area contributed by atoms with Gasteiger partial charge < -0.3 is 10.2 Å². The Balaban J connectivity index is 1.41. The summed E-state index contributed by atoms with van der Waals surface area (Å²) in [6.07, 6.45) is 2.96. The summed E-state index contributed by atoms with van der Waals surface area (Å²) in [7, 11) is -3.76. The molecule has 6 nitrogen and oxygen atoms in total. The average molecular weight is 448 g/mol. The van der Waals surface area contributed by atoms with E-state index in [4.69, 9.17) is 0 Å². The summed E-state index contributed by atoms with van der Waals surface area (Å²) in [4.78, 5) is 15.4. The molecule has 32 heavy (non-hydrogen) atoms. The molecule has 1 fully saturated rings. The molecule has 0 atom stereocenters. The van der Waals surface area contributed by atoms with Crippen LogP contribution in [0.15, 0.2) is 77.7 Å². The Morgan fingerprint density at radius 2 is 1.53 bits per heavy atom. The van der Waals surface area contributed by atoms with Gasteiger partial charge in [0.1, 0.15) is 0 Å². The van der Waals surface area contributed by atoms with Gasteiger partial charge >= 0.3 is 0 Å². The van der Waals surface area contributed by atoms with E-state index in [1.807, 2.05) is 48.5 Å². The summed E-state index contributed by atoms with van der Waals surface area (Å²) in [5.41, 5.74) is 3.78. The Hall–Kier alpha value is -3.32. The second-order valence-corrected chi connectivity index (χ2v) is 10.0. The quantitative estimate of drug-likeness (QED) is 0.634. The Bertz CT molecular complexity index is 1270. The van der Waals surface area contributed by atoms with Crippen LogP contribution < -0.4 is 14.5 Å². The minimum atomic E-state index is -3.76. The number of nitrogens with zero attached hydrogens (tertiary/aromatic N) is 2. The highest BCUT2D eigenvalue weighted by atomic mass is 32.2. The van der Waals surface area contributed by atoms with E-state index >= 15 is 0 Å². The van der Waals surface area contributed by atoms with Gasteiger partial charge in [-0.3, -0.25) is 9.10 Å². The highest BCUT2D eigenvalue weighted by Crippen LogP contribution is 2.33. The molecule has 1 N–H and O–H groups in total. The van der Waals surface area contributed by atoms with Crippen LogP contribution in [0, 0.1) is 0 Å². The van der Waals surface area contributed by atoms with Crippen molar-refractivity contribution in [2.24, 2.45) is 0 Å². The van der Waals surface area contributed by atoms with E-state index in [9.17, 15) is 13.2 Å². The zero-order valence-electron chi connectivity index (χ0n) is 17.7. The van der Waals surface area contributed by atoms with Crippen molar-refractivity contribution in [2.45, 2.75) is 24.2 Å². The fourth-order valence-electron chi connectivity index (χ4n) is 4.49. The Morgan fingerprint density at radius 3 is 2.34 bits per heavy atom. The number of hydrogen-bond acceptors (Lipinski definition) is 4. The van der Waals surface area contributed by atoms with Crippen molar-refractivity contribution in [2.75, 3.05) is 34.2 Å². The van der Waals surface area contributed by atoms with E-state index in [0.717, 1.165) is 42.9 Å². The lowest BCUT2D eigenvalue weighted by molar-refractivity contribution is 0.102. The molecule has 7 heteroatoms. The van der Waals surface area contributed by atoms with E-state index in [-0.39, 0.29) is 10.8 Å². The second kappa shape index (κ2) is 8.31. The first-order valence-electron chi connectivity index (χ1n) is 10.9. The molecule has 2 aliphatic heterocycles. The van der Waals surface area contributed by atoms with Crippen molar-refractivity contribution in [1.82, 2.24) is 0 Å². The molecule has 3 aromatic rings. The summed E-state index contributed by atoms with van der Waals surface area (Å²) < 4.78 is 28.1. The SMILES string of the molecule is O=C(Nc1ccccc1N1CCCC1)c1cccc(S(=O)(=O)N2CCc3ccccc32)c1. The van der Waals surface area contributed by atoms with E-state index in [0.29, 0.717) is 24.2 Å². The fourth-order valence-corrected chi connectivity index (χ4v) is 6.04. The molecule has 0 spiro atoms. The van der Waals surface area contributed by atoms with Crippen LogP contribution in [-0.4, -0.2) is 34.0 Å². The number of hydrogen-bond donors (Lipinski definition) is 1. The summed E-state index contributed by atoms with van der Waals surface area (Å²) in [5, 5.41) is 2.98. The molecular weight excluding hydrogens is 422 g/mol. The van der Waals surface area contributed by atoms with Gasteiger partial charge in [-0.05, 0) is 61.2 Å². The zero-order chi connectivity index (χ0) is 22.1. The number of amides is 1. The molecular formula is C25H25N3O3S. The summed E-state index contributed by atoms with van der Waals surface area (Å²) in [5.74, 6) is -0.324. The first-order chi connectivity index (χ1) is 15.5. The standard InChI is InChI=1S/C25H25N3O3S/c29-25(26-22-11-2-4-13-24(22)27-15-5-6-16-27)20-9-7-10-21(18-20)32(30,31)28-17-14-19-8-1-3-12-23(19)28/h1-4,7-13,18H,5-6,14-17H2,(H,26,29). The van der Waals surface area contributed by atoms with E-state index in [2.05, 4.69) is 10.2 Å². The van der Waals surface area contributed by atoms with Crippen LogP contribution in [-0.2, 0) is 16.4 Å². The zero-order valence-corrected chi connectivity index (χ0v) is 18.5. The fraction of sp³-hybridized carbons (Fsp3) is 0.240. The number of rotatable bonds is 5. The Kier molecular flexibility index (Phi) is 5.35. The third-order valence-electron chi connectivity index (χ3n) is 6.13. The number of para-hydroxylation sites is 3. The largest absolute Gasteiger partial charge is 0.370 e. The van der Waals surface area contributed by atoms with Crippen molar-refractivity contribution in [3.05, 3.63) is 83.9 Å². The maximum absolute atomic E-state index is 13.3. The molecule has 3 aromatic carbocycles. The highest BCUT2D eigenvalue weighted by molar-refractivity contribution is 7.92. The molecule has 1 amide bonds. The second-order valence-electron chi connectivity index (χ2n) is 8.15. The van der Waals surface area contributed by atoms with Gasteiger partial charge in [-0.2, -0.15) is 0 Å². The molecule has 0 saturated carbocycles. The van der Waals surface area contributed by atoms with Crippen molar-refractivity contribution >= 4 is 33.0 Å². The smallest absolute Gasteiger partial charge is 0.264 e. The van der Waals surface area contributed by atoms with E-state index < -0.39 is 10.0 Å². The Morgan fingerprint density at radius 1 is 0.812 bits per heavy atom. The lowest BCUT2D eigenvalue weighted by Crippen LogP contribution is -2.29. The number of carbonyl (C=O) groups is 1. The molecule has 0 bridgehead atoms. The van der Waals surface area contributed by atoms with Gasteiger partial charge in [-0.15, -0.1) is 0 Å². The third kappa shape index (κ3) is 3.73. The summed E-state index contributed by atoms with van der Waals surface area (Å²) in [6, 6.07) is 21.5. The predicted octanol–water partition coefficient (Wildman–Crippen LogP) is 4.29. The number of nitrogens with one attached hydrogen (secondary N) is 1. The molecule has 0 aliphatic carbocycles. The number of benzene rings is 3. The van der Waals surface area contributed by atoms with Crippen LogP contribution in [0.3, 0.4) is 0 Å². The van der Waals surface area contributed by atoms with Crippen molar-refractivity contribution < 1.29 is 13.2 Å². The number of fused-ring (bicyclic) bond motifs is 1. The van der Waals surface area contributed by atoms with Crippen LogP contribution >= 0.6 is 0 Å². The molecule has 0 radical (unpaired) electrons. The number of anilines is 3. The van der Waals surface area contributed by atoms with Crippen molar-refractivity contribution in [3.63, 3.8) is 0 Å². The van der Waals surface area contributed by atoms with Crippen LogP contribution in [0.5, 0.6) is 0 Å². The maximum atomic E-state index is 13.3. The van der Waals surface area contributed by atoms with Crippen LogP contribution in [0.2, 0.25) is 0 Å². The molecule has 2 heterocycles. The molecule has 164 valence electrons.